The molecule has 0 spiro atoms. The van der Waals surface area contributed by atoms with Crippen LogP contribution in [0.2, 0.25) is 0 Å². The van der Waals surface area contributed by atoms with Gasteiger partial charge >= 0.3 is 6.18 Å². The molecule has 4 rings (SSSR count). The first-order valence-corrected chi connectivity index (χ1v) is 15.2. The molecule has 0 bridgehead atoms. The lowest BCUT2D eigenvalue weighted by molar-refractivity contribution is -0.129. The third-order valence-corrected chi connectivity index (χ3v) is 8.67. The van der Waals surface area contributed by atoms with E-state index in [1.807, 2.05) is 14.1 Å². The van der Waals surface area contributed by atoms with Crippen molar-refractivity contribution in [3.63, 3.8) is 0 Å². The monoisotopic (exact) mass is 634 g/mol. The molecule has 2 heterocycles. The highest BCUT2D eigenvalue weighted by atomic mass is 32.2. The Bertz CT molecular complexity index is 1670. The summed E-state index contributed by atoms with van der Waals surface area (Å²) >= 11 is 0. The van der Waals surface area contributed by atoms with Gasteiger partial charge in [0, 0.05) is 35.3 Å². The molecule has 2 aromatic heterocycles. The third kappa shape index (κ3) is 7.40. The predicted molar refractivity (Wildman–Crippen MR) is 151 cm³/mol. The zero-order valence-corrected chi connectivity index (χ0v) is 24.7. The van der Waals surface area contributed by atoms with E-state index in [0.29, 0.717) is 12.1 Å². The maximum Gasteiger partial charge on any atom is 0.390 e. The van der Waals surface area contributed by atoms with Crippen molar-refractivity contribution in [2.45, 2.75) is 70.3 Å². The van der Waals surface area contributed by atoms with Crippen molar-refractivity contribution in [1.82, 2.24) is 19.4 Å². The van der Waals surface area contributed by atoms with Crippen molar-refractivity contribution in [1.29, 1.82) is 0 Å². The Hall–Kier alpha value is -3.40. The van der Waals surface area contributed by atoms with E-state index in [-0.39, 0.29) is 23.0 Å². The second-order valence-electron chi connectivity index (χ2n) is 11.1. The van der Waals surface area contributed by atoms with Crippen molar-refractivity contribution < 1.29 is 34.8 Å². The number of fused-ring (bicyclic) bond motifs is 1. The fraction of sp³-hybridized carbons (Fsp3) is 0.519. The molecule has 16 heteroatoms. The number of nitrogens with one attached hydrogen (secondary N) is 2. The van der Waals surface area contributed by atoms with Gasteiger partial charge < -0.3 is 10.2 Å². The minimum Gasteiger partial charge on any atom is -0.351 e. The average Bonchev–Trinajstić information content (AvgIpc) is 2.91. The van der Waals surface area contributed by atoms with E-state index in [1.54, 1.807) is 13.8 Å². The number of hydrogen-bond acceptors (Lipinski definition) is 7. The fourth-order valence-corrected chi connectivity index (χ4v) is 6.22. The van der Waals surface area contributed by atoms with Crippen molar-refractivity contribution in [2.24, 2.45) is 0 Å². The first-order chi connectivity index (χ1) is 20.0. The Morgan fingerprint density at radius 3 is 2.28 bits per heavy atom. The van der Waals surface area contributed by atoms with Crippen LogP contribution in [0, 0.1) is 17.5 Å². The Kier molecular flexibility index (Phi) is 9.30. The summed E-state index contributed by atoms with van der Waals surface area (Å²) in [5.74, 6) is -6.65. The van der Waals surface area contributed by atoms with Gasteiger partial charge in [0.25, 0.3) is 5.56 Å². The number of benzene rings is 1. The highest BCUT2D eigenvalue weighted by Gasteiger charge is 2.32. The van der Waals surface area contributed by atoms with Gasteiger partial charge in [-0.3, -0.25) is 14.1 Å². The van der Waals surface area contributed by atoms with Gasteiger partial charge in [-0.25, -0.2) is 26.6 Å². The Labute approximate surface area is 244 Å². The standard InChI is InChI=1S/C27H32F6N6O3S/c1-14(2)39-24-15(13-34-26(36-24)35-16-5-7-17(8-6-16)38(3)4)11-19(25(39)40)18-12-20(28)23(22(30)21(18)29)37-43(41,42)10-9-27(31,32)33/h11-14,16-17,37H,5-10H2,1-4H3,(H,34,35,36)/t16-,17-. The third-order valence-electron chi connectivity index (χ3n) is 7.41. The van der Waals surface area contributed by atoms with E-state index in [0.717, 1.165) is 25.7 Å². The molecule has 0 atom stereocenters. The molecule has 0 aliphatic heterocycles. The highest BCUT2D eigenvalue weighted by Crippen LogP contribution is 2.33. The van der Waals surface area contributed by atoms with Crippen LogP contribution in [-0.4, -0.2) is 66.0 Å². The van der Waals surface area contributed by atoms with Crippen LogP contribution in [0.5, 0.6) is 0 Å². The summed E-state index contributed by atoms with van der Waals surface area (Å²) in [5.41, 5.74) is -3.37. The predicted octanol–water partition coefficient (Wildman–Crippen LogP) is 5.44. The Balaban J connectivity index is 1.70. The number of alkyl halides is 3. The van der Waals surface area contributed by atoms with Crippen molar-refractivity contribution >= 4 is 32.7 Å². The minimum absolute atomic E-state index is 0.122. The van der Waals surface area contributed by atoms with Crippen LogP contribution in [0.25, 0.3) is 22.2 Å². The van der Waals surface area contributed by atoms with Crippen LogP contribution in [0.3, 0.4) is 0 Å². The van der Waals surface area contributed by atoms with Crippen LogP contribution in [0.15, 0.2) is 23.1 Å². The van der Waals surface area contributed by atoms with Gasteiger partial charge in [-0.2, -0.15) is 18.2 Å². The lowest BCUT2D eigenvalue weighted by Crippen LogP contribution is -2.36. The van der Waals surface area contributed by atoms with E-state index >= 15 is 4.39 Å². The SMILES string of the molecule is CC(C)n1c(=O)c(-c2cc(F)c(NS(=O)(=O)CCC(F)(F)F)c(F)c2F)cc2cnc(N[C@H]3CC[C@H](N(C)C)CC3)nc21. The lowest BCUT2D eigenvalue weighted by Gasteiger charge is -2.33. The van der Waals surface area contributed by atoms with Crippen molar-refractivity contribution in [3.05, 3.63) is 46.1 Å². The molecule has 1 aliphatic carbocycles. The molecule has 236 valence electrons. The van der Waals surface area contributed by atoms with E-state index in [9.17, 15) is 35.2 Å². The van der Waals surface area contributed by atoms with Gasteiger partial charge in [0.05, 0.1) is 17.7 Å². The molecule has 1 fully saturated rings. The molecule has 0 radical (unpaired) electrons. The number of sulfonamides is 1. The molecule has 0 unspecified atom stereocenters. The number of hydrogen-bond donors (Lipinski definition) is 2. The van der Waals surface area contributed by atoms with E-state index in [1.165, 1.54) is 21.6 Å². The Morgan fingerprint density at radius 2 is 1.70 bits per heavy atom. The molecule has 43 heavy (non-hydrogen) atoms. The summed E-state index contributed by atoms with van der Waals surface area (Å²) in [6.45, 7) is 3.33. The number of halogens is 6. The summed E-state index contributed by atoms with van der Waals surface area (Å²) < 4.78 is 109. The molecule has 9 nitrogen and oxygen atoms in total. The summed E-state index contributed by atoms with van der Waals surface area (Å²) in [7, 11) is -0.812. The van der Waals surface area contributed by atoms with Crippen LogP contribution >= 0.6 is 0 Å². The maximum absolute atomic E-state index is 15.2. The summed E-state index contributed by atoms with van der Waals surface area (Å²) in [5, 5.41) is 3.56. The lowest BCUT2D eigenvalue weighted by atomic mass is 9.91. The van der Waals surface area contributed by atoms with Crippen LogP contribution < -0.4 is 15.6 Å². The number of rotatable bonds is 9. The number of aromatic nitrogens is 3. The second-order valence-corrected chi connectivity index (χ2v) is 12.9. The smallest absolute Gasteiger partial charge is 0.351 e. The number of pyridine rings is 1. The molecule has 2 N–H and O–H groups in total. The van der Waals surface area contributed by atoms with E-state index < -0.39 is 74.2 Å². The minimum atomic E-state index is -4.89. The summed E-state index contributed by atoms with van der Waals surface area (Å²) in [6, 6.07) is 1.67. The van der Waals surface area contributed by atoms with Crippen molar-refractivity contribution in [3.8, 4) is 11.1 Å². The molecule has 0 saturated heterocycles. The summed E-state index contributed by atoms with van der Waals surface area (Å²) in [4.78, 5) is 24.6. The van der Waals surface area contributed by atoms with Crippen LogP contribution in [0.4, 0.5) is 38.0 Å². The van der Waals surface area contributed by atoms with Crippen molar-refractivity contribution in [2.75, 3.05) is 29.9 Å². The zero-order chi connectivity index (χ0) is 31.9. The first-order valence-electron chi connectivity index (χ1n) is 13.6. The van der Waals surface area contributed by atoms with Gasteiger partial charge in [0.2, 0.25) is 16.0 Å². The van der Waals surface area contributed by atoms with E-state index in [2.05, 4.69) is 20.2 Å². The molecular weight excluding hydrogens is 602 g/mol. The highest BCUT2D eigenvalue weighted by molar-refractivity contribution is 7.92. The zero-order valence-electron chi connectivity index (χ0n) is 23.9. The maximum atomic E-state index is 15.2. The topological polar surface area (TPSA) is 109 Å². The van der Waals surface area contributed by atoms with Crippen LogP contribution in [0.1, 0.15) is 52.0 Å². The van der Waals surface area contributed by atoms with E-state index in [4.69, 9.17) is 0 Å². The average molecular weight is 635 g/mol. The second kappa shape index (κ2) is 12.3. The number of nitrogens with zero attached hydrogens (tertiary/aromatic N) is 4. The largest absolute Gasteiger partial charge is 0.390 e. The van der Waals surface area contributed by atoms with Gasteiger partial charge in [0.15, 0.2) is 17.5 Å². The van der Waals surface area contributed by atoms with Gasteiger partial charge in [-0.15, -0.1) is 0 Å². The quantitative estimate of drug-likeness (QED) is 0.239. The molecule has 1 aliphatic rings. The first kappa shape index (κ1) is 32.5. The van der Waals surface area contributed by atoms with Crippen LogP contribution in [-0.2, 0) is 10.0 Å². The Morgan fingerprint density at radius 1 is 1.05 bits per heavy atom. The molecule has 0 amide bonds. The molecule has 1 saturated carbocycles. The summed E-state index contributed by atoms with van der Waals surface area (Å²) in [6.07, 6.45) is -1.47. The molecule has 3 aromatic rings. The van der Waals surface area contributed by atoms with Gasteiger partial charge in [-0.1, -0.05) is 0 Å². The molecular formula is C27H32F6N6O3S. The van der Waals surface area contributed by atoms with Gasteiger partial charge in [-0.05, 0) is 65.8 Å². The normalized spacial score (nSPS) is 18.0. The van der Waals surface area contributed by atoms with Gasteiger partial charge in [0.1, 0.15) is 11.3 Å². The molecule has 1 aromatic carbocycles. The fourth-order valence-electron chi connectivity index (χ4n) is 5.12. The number of anilines is 2.